The molecule has 1 unspecified atom stereocenters. The van der Waals surface area contributed by atoms with E-state index < -0.39 is 10.8 Å². The lowest BCUT2D eigenvalue weighted by atomic mass is 10.1. The van der Waals surface area contributed by atoms with Gasteiger partial charge in [0.2, 0.25) is 5.91 Å². The van der Waals surface area contributed by atoms with E-state index in [4.69, 9.17) is 5.73 Å². The van der Waals surface area contributed by atoms with Gasteiger partial charge in [0.25, 0.3) is 5.69 Å². The summed E-state index contributed by atoms with van der Waals surface area (Å²) in [4.78, 5) is 21.7. The summed E-state index contributed by atoms with van der Waals surface area (Å²) in [6, 6.07) is 4.22. The van der Waals surface area contributed by atoms with Gasteiger partial charge in [0, 0.05) is 17.7 Å². The molecule has 0 bridgehead atoms. The van der Waals surface area contributed by atoms with Crippen molar-refractivity contribution < 1.29 is 9.72 Å². The highest BCUT2D eigenvalue weighted by Gasteiger charge is 2.17. The average molecular weight is 279 g/mol. The Kier molecular flexibility index (Phi) is 5.96. The average Bonchev–Trinajstić information content (AvgIpc) is 2.38. The molecule has 110 valence electrons. The summed E-state index contributed by atoms with van der Waals surface area (Å²) in [5, 5.41) is 14.1. The van der Waals surface area contributed by atoms with Crippen molar-refractivity contribution in [2.45, 2.75) is 45.6 Å². The Balaban J connectivity index is 2.87. The number of nitrogens with two attached hydrogens (primary N) is 1. The highest BCUT2D eigenvalue weighted by atomic mass is 16.6. The minimum absolute atomic E-state index is 0.0441. The van der Waals surface area contributed by atoms with Gasteiger partial charge in [-0.3, -0.25) is 14.9 Å². The van der Waals surface area contributed by atoms with Crippen LogP contribution in [0.5, 0.6) is 0 Å². The van der Waals surface area contributed by atoms with Gasteiger partial charge in [0.1, 0.15) is 5.69 Å². The topological polar surface area (TPSA) is 98.3 Å². The molecule has 0 aliphatic carbocycles. The van der Waals surface area contributed by atoms with Crippen molar-refractivity contribution in [3.05, 3.63) is 33.9 Å². The number of nitro groups is 1. The van der Waals surface area contributed by atoms with Gasteiger partial charge < -0.3 is 11.1 Å². The zero-order chi connectivity index (χ0) is 15.1. The predicted molar refractivity (Wildman–Crippen MR) is 78.8 cm³/mol. The molecule has 0 aliphatic rings. The number of carbonyl (C=O) groups is 1. The molecule has 1 atom stereocenters. The Morgan fingerprint density at radius 3 is 2.70 bits per heavy atom. The Morgan fingerprint density at radius 2 is 2.15 bits per heavy atom. The lowest BCUT2D eigenvalue weighted by Crippen LogP contribution is -2.17. The number of benzene rings is 1. The first-order chi connectivity index (χ1) is 9.45. The standard InChI is InChI=1S/C14H21N3O3/c1-3-4-5-6-10(2)16-12-9-11(14(15)18)7-8-13(12)17(19)20/h7-10,16H,3-6H2,1-2H3,(H2,15,18). The minimum Gasteiger partial charge on any atom is -0.377 e. The van der Waals surface area contributed by atoms with Crippen LogP contribution >= 0.6 is 0 Å². The molecular weight excluding hydrogens is 258 g/mol. The first kappa shape index (κ1) is 15.9. The van der Waals surface area contributed by atoms with Gasteiger partial charge in [-0.1, -0.05) is 26.2 Å². The minimum atomic E-state index is -0.596. The van der Waals surface area contributed by atoms with Crippen LogP contribution in [0, 0.1) is 10.1 Å². The number of carbonyl (C=O) groups excluding carboxylic acids is 1. The predicted octanol–water partition coefficient (Wildman–Crippen LogP) is 3.07. The molecule has 1 aromatic carbocycles. The molecule has 1 rings (SSSR count). The second kappa shape index (κ2) is 7.47. The van der Waals surface area contributed by atoms with Crippen LogP contribution in [-0.4, -0.2) is 16.9 Å². The number of nitrogens with zero attached hydrogens (tertiary/aromatic N) is 1. The molecule has 20 heavy (non-hydrogen) atoms. The van der Waals surface area contributed by atoms with Crippen molar-refractivity contribution in [3.63, 3.8) is 0 Å². The maximum absolute atomic E-state index is 11.2. The zero-order valence-corrected chi connectivity index (χ0v) is 11.9. The van der Waals surface area contributed by atoms with Crippen LogP contribution < -0.4 is 11.1 Å². The summed E-state index contributed by atoms with van der Waals surface area (Å²) in [6.07, 6.45) is 4.25. The van der Waals surface area contributed by atoms with Crippen molar-refractivity contribution >= 4 is 17.3 Å². The van der Waals surface area contributed by atoms with Crippen molar-refractivity contribution in [2.75, 3.05) is 5.32 Å². The van der Waals surface area contributed by atoms with Crippen molar-refractivity contribution in [1.29, 1.82) is 0 Å². The Hall–Kier alpha value is -2.11. The maximum atomic E-state index is 11.2. The van der Waals surface area contributed by atoms with Crippen molar-refractivity contribution in [2.24, 2.45) is 5.73 Å². The quantitative estimate of drug-likeness (QED) is 0.434. The third kappa shape index (κ3) is 4.53. The van der Waals surface area contributed by atoms with E-state index >= 15 is 0 Å². The van der Waals surface area contributed by atoms with Gasteiger partial charge in [-0.05, 0) is 25.5 Å². The van der Waals surface area contributed by atoms with Crippen LogP contribution in [0.15, 0.2) is 18.2 Å². The summed E-state index contributed by atoms with van der Waals surface area (Å²) < 4.78 is 0. The molecule has 0 spiro atoms. The number of nitro benzene ring substituents is 1. The third-order valence-corrected chi connectivity index (χ3v) is 3.12. The highest BCUT2D eigenvalue weighted by molar-refractivity contribution is 5.94. The lowest BCUT2D eigenvalue weighted by molar-refractivity contribution is -0.384. The first-order valence-corrected chi connectivity index (χ1v) is 6.80. The molecular formula is C14H21N3O3. The molecule has 0 aromatic heterocycles. The molecule has 0 heterocycles. The lowest BCUT2D eigenvalue weighted by Gasteiger charge is -2.15. The Bertz CT molecular complexity index is 489. The van der Waals surface area contributed by atoms with Crippen LogP contribution in [0.2, 0.25) is 0 Å². The Morgan fingerprint density at radius 1 is 1.45 bits per heavy atom. The number of rotatable bonds is 8. The van der Waals surface area contributed by atoms with E-state index in [1.807, 2.05) is 6.92 Å². The van der Waals surface area contributed by atoms with E-state index in [1.54, 1.807) is 0 Å². The molecule has 0 aliphatic heterocycles. The van der Waals surface area contributed by atoms with Gasteiger partial charge in [0.05, 0.1) is 4.92 Å². The number of unbranched alkanes of at least 4 members (excludes halogenated alkanes) is 2. The molecule has 0 saturated heterocycles. The largest absolute Gasteiger partial charge is 0.377 e. The summed E-state index contributed by atoms with van der Waals surface area (Å²) in [5.74, 6) is -0.596. The normalized spacial score (nSPS) is 11.9. The smallest absolute Gasteiger partial charge is 0.292 e. The second-order valence-corrected chi connectivity index (χ2v) is 4.89. The molecule has 0 fully saturated rings. The number of amides is 1. The molecule has 6 nitrogen and oxygen atoms in total. The molecule has 0 saturated carbocycles. The van der Waals surface area contributed by atoms with Crippen LogP contribution in [0.4, 0.5) is 11.4 Å². The third-order valence-electron chi connectivity index (χ3n) is 3.12. The van der Waals surface area contributed by atoms with E-state index in [2.05, 4.69) is 12.2 Å². The fourth-order valence-corrected chi connectivity index (χ4v) is 2.00. The van der Waals surface area contributed by atoms with Gasteiger partial charge in [0.15, 0.2) is 0 Å². The first-order valence-electron chi connectivity index (χ1n) is 6.80. The number of primary amides is 1. The van der Waals surface area contributed by atoms with Crippen LogP contribution in [0.25, 0.3) is 0 Å². The van der Waals surface area contributed by atoms with Crippen molar-refractivity contribution in [3.8, 4) is 0 Å². The van der Waals surface area contributed by atoms with E-state index in [9.17, 15) is 14.9 Å². The number of hydrogen-bond acceptors (Lipinski definition) is 4. The maximum Gasteiger partial charge on any atom is 0.292 e. The summed E-state index contributed by atoms with van der Waals surface area (Å²) in [7, 11) is 0. The van der Waals surface area contributed by atoms with Crippen LogP contribution in [-0.2, 0) is 0 Å². The number of nitrogens with one attached hydrogen (secondary N) is 1. The van der Waals surface area contributed by atoms with E-state index in [-0.39, 0.29) is 17.3 Å². The van der Waals surface area contributed by atoms with Gasteiger partial charge in [-0.15, -0.1) is 0 Å². The molecule has 1 amide bonds. The molecule has 6 heteroatoms. The molecule has 1 aromatic rings. The second-order valence-electron chi connectivity index (χ2n) is 4.89. The fourth-order valence-electron chi connectivity index (χ4n) is 2.00. The summed E-state index contributed by atoms with van der Waals surface area (Å²) in [6.45, 7) is 4.09. The monoisotopic (exact) mass is 279 g/mol. The summed E-state index contributed by atoms with van der Waals surface area (Å²) in [5.41, 5.74) is 5.76. The SMILES string of the molecule is CCCCCC(C)Nc1cc(C(N)=O)ccc1[N+](=O)[O-]. The fraction of sp³-hybridized carbons (Fsp3) is 0.500. The van der Waals surface area contributed by atoms with Gasteiger partial charge in [-0.25, -0.2) is 0 Å². The molecule has 3 N–H and O–H groups in total. The van der Waals surface area contributed by atoms with Crippen LogP contribution in [0.1, 0.15) is 49.9 Å². The van der Waals surface area contributed by atoms with Gasteiger partial charge >= 0.3 is 0 Å². The van der Waals surface area contributed by atoms with E-state index in [0.29, 0.717) is 5.69 Å². The summed E-state index contributed by atoms with van der Waals surface area (Å²) >= 11 is 0. The highest BCUT2D eigenvalue weighted by Crippen LogP contribution is 2.26. The van der Waals surface area contributed by atoms with Crippen molar-refractivity contribution in [1.82, 2.24) is 0 Å². The number of hydrogen-bond donors (Lipinski definition) is 2. The Labute approximate surface area is 118 Å². The van der Waals surface area contributed by atoms with Gasteiger partial charge in [-0.2, -0.15) is 0 Å². The van der Waals surface area contributed by atoms with E-state index in [1.165, 1.54) is 18.2 Å². The van der Waals surface area contributed by atoms with E-state index in [0.717, 1.165) is 25.7 Å². The molecule has 0 radical (unpaired) electrons. The zero-order valence-electron chi connectivity index (χ0n) is 11.9. The number of anilines is 1. The van der Waals surface area contributed by atoms with Crippen LogP contribution in [0.3, 0.4) is 0 Å².